The Morgan fingerprint density at radius 2 is 1.79 bits per heavy atom. The van der Waals surface area contributed by atoms with Crippen LogP contribution in [0.5, 0.6) is 5.75 Å². The Hall–Kier alpha value is -3.56. The van der Waals surface area contributed by atoms with Gasteiger partial charge in [0.1, 0.15) is 12.3 Å². The molecule has 2 amide bonds. The quantitative estimate of drug-likeness (QED) is 0.402. The van der Waals surface area contributed by atoms with Gasteiger partial charge in [0.15, 0.2) is 0 Å². The zero-order valence-electron chi connectivity index (χ0n) is 21.3. The van der Waals surface area contributed by atoms with Crippen molar-refractivity contribution >= 4 is 39.1 Å². The number of sulfonamides is 1. The normalized spacial score (nSPS) is 13.4. The molecule has 0 spiro atoms. The highest BCUT2D eigenvalue weighted by Crippen LogP contribution is 2.32. The number of ether oxygens (including phenoxy) is 1. The Balaban J connectivity index is 1.55. The fourth-order valence-corrected chi connectivity index (χ4v) is 5.97. The third-order valence-electron chi connectivity index (χ3n) is 6.45. The van der Waals surface area contributed by atoms with Crippen LogP contribution in [-0.2, 0) is 32.7 Å². The van der Waals surface area contributed by atoms with Crippen LogP contribution in [0.3, 0.4) is 0 Å². The fraction of sp³-hybridized carbons (Fsp3) is 0.286. The van der Waals surface area contributed by atoms with Crippen molar-refractivity contribution in [2.24, 2.45) is 0 Å². The van der Waals surface area contributed by atoms with E-state index >= 15 is 0 Å². The smallest absolute Gasteiger partial charge is 0.264 e. The van der Waals surface area contributed by atoms with E-state index in [2.05, 4.69) is 5.32 Å². The molecule has 1 N–H and O–H groups in total. The van der Waals surface area contributed by atoms with Gasteiger partial charge in [-0.1, -0.05) is 53.6 Å². The van der Waals surface area contributed by atoms with Gasteiger partial charge in [-0.05, 0) is 54.8 Å². The number of carbonyl (C=O) groups is 2. The number of aryl methyl sites for hydroxylation is 1. The molecule has 10 heteroatoms. The van der Waals surface area contributed by atoms with Crippen LogP contribution in [0, 0.1) is 6.92 Å². The maximum Gasteiger partial charge on any atom is 0.264 e. The summed E-state index contributed by atoms with van der Waals surface area (Å²) in [7, 11) is -2.62. The van der Waals surface area contributed by atoms with Crippen LogP contribution in [0.4, 0.5) is 5.69 Å². The lowest BCUT2D eigenvalue weighted by atomic mass is 10.1. The summed E-state index contributed by atoms with van der Waals surface area (Å²) in [6, 6.07) is 18.6. The Bertz CT molecular complexity index is 1430. The predicted molar refractivity (Wildman–Crippen MR) is 147 cm³/mol. The molecule has 1 saturated heterocycles. The minimum atomic E-state index is -4.09. The summed E-state index contributed by atoms with van der Waals surface area (Å²) < 4.78 is 33.5. The maximum atomic E-state index is 13.6. The van der Waals surface area contributed by atoms with Gasteiger partial charge in [-0.3, -0.25) is 13.9 Å². The van der Waals surface area contributed by atoms with Crippen LogP contribution in [0.15, 0.2) is 71.6 Å². The van der Waals surface area contributed by atoms with Crippen molar-refractivity contribution in [3.05, 3.63) is 88.4 Å². The number of benzene rings is 3. The number of likely N-dealkylation sites (tertiary alicyclic amines) is 1. The molecule has 1 fully saturated rings. The second-order valence-corrected chi connectivity index (χ2v) is 11.4. The molecule has 8 nitrogen and oxygen atoms in total. The van der Waals surface area contributed by atoms with E-state index in [0.29, 0.717) is 18.7 Å². The molecular formula is C28H30ClN3O5S. The first-order chi connectivity index (χ1) is 18.2. The SMILES string of the molecule is COc1ccc(N(CC(=O)NCc2ccccc2CN2CCCC2=O)S(=O)(=O)c2ccc(C)cc2)cc1Cl. The van der Waals surface area contributed by atoms with Crippen molar-refractivity contribution < 1.29 is 22.7 Å². The average molecular weight is 556 g/mol. The average Bonchev–Trinajstić information content (AvgIpc) is 3.31. The van der Waals surface area contributed by atoms with Crippen LogP contribution in [0.2, 0.25) is 5.02 Å². The van der Waals surface area contributed by atoms with E-state index in [4.69, 9.17) is 16.3 Å². The van der Waals surface area contributed by atoms with Crippen molar-refractivity contribution in [3.63, 3.8) is 0 Å². The molecule has 4 rings (SSSR count). The number of rotatable bonds is 10. The van der Waals surface area contributed by atoms with Gasteiger partial charge in [0.05, 0.1) is 22.7 Å². The molecular weight excluding hydrogens is 526 g/mol. The Morgan fingerprint density at radius 1 is 1.08 bits per heavy atom. The summed E-state index contributed by atoms with van der Waals surface area (Å²) in [6.45, 7) is 2.80. The number of amides is 2. The third-order valence-corrected chi connectivity index (χ3v) is 8.53. The summed E-state index contributed by atoms with van der Waals surface area (Å²) in [6.07, 6.45) is 1.40. The Labute approximate surface area is 228 Å². The van der Waals surface area contributed by atoms with E-state index in [1.54, 1.807) is 24.3 Å². The molecule has 0 atom stereocenters. The summed E-state index contributed by atoms with van der Waals surface area (Å²) in [5, 5.41) is 3.06. The first-order valence-corrected chi connectivity index (χ1v) is 14.0. The Kier molecular flexibility index (Phi) is 8.58. The van der Waals surface area contributed by atoms with Gasteiger partial charge in [-0.2, -0.15) is 0 Å². The van der Waals surface area contributed by atoms with Crippen LogP contribution >= 0.6 is 11.6 Å². The number of halogens is 1. The maximum absolute atomic E-state index is 13.6. The van der Waals surface area contributed by atoms with Crippen molar-refractivity contribution in [1.82, 2.24) is 10.2 Å². The molecule has 0 radical (unpaired) electrons. The third kappa shape index (κ3) is 6.28. The number of nitrogens with zero attached hydrogens (tertiary/aromatic N) is 2. The Morgan fingerprint density at radius 3 is 2.42 bits per heavy atom. The first-order valence-electron chi connectivity index (χ1n) is 12.2. The molecule has 1 aliphatic heterocycles. The van der Waals surface area contributed by atoms with Crippen LogP contribution in [0.25, 0.3) is 0 Å². The molecule has 1 aliphatic rings. The lowest BCUT2D eigenvalue weighted by Gasteiger charge is -2.25. The lowest BCUT2D eigenvalue weighted by Crippen LogP contribution is -2.40. The summed E-state index contributed by atoms with van der Waals surface area (Å²) in [5.41, 5.74) is 2.95. The van der Waals surface area contributed by atoms with Crippen LogP contribution in [0.1, 0.15) is 29.5 Å². The van der Waals surface area contributed by atoms with E-state index in [1.807, 2.05) is 36.1 Å². The van der Waals surface area contributed by atoms with E-state index in [1.165, 1.54) is 25.3 Å². The van der Waals surface area contributed by atoms with Crippen molar-refractivity contribution in [1.29, 1.82) is 0 Å². The van der Waals surface area contributed by atoms with Gasteiger partial charge in [0.2, 0.25) is 11.8 Å². The predicted octanol–water partition coefficient (Wildman–Crippen LogP) is 4.29. The van der Waals surface area contributed by atoms with Gasteiger partial charge in [0.25, 0.3) is 10.0 Å². The largest absolute Gasteiger partial charge is 0.495 e. The molecule has 3 aromatic carbocycles. The highest BCUT2D eigenvalue weighted by Gasteiger charge is 2.28. The molecule has 38 heavy (non-hydrogen) atoms. The van der Waals surface area contributed by atoms with Gasteiger partial charge in [-0.15, -0.1) is 0 Å². The van der Waals surface area contributed by atoms with E-state index in [0.717, 1.165) is 34.0 Å². The van der Waals surface area contributed by atoms with E-state index in [9.17, 15) is 18.0 Å². The fourth-order valence-electron chi connectivity index (χ4n) is 4.30. The van der Waals surface area contributed by atoms with Crippen LogP contribution in [-0.4, -0.2) is 45.3 Å². The summed E-state index contributed by atoms with van der Waals surface area (Å²) in [5.74, 6) is 0.0271. The molecule has 0 aromatic heterocycles. The van der Waals surface area contributed by atoms with Gasteiger partial charge in [-0.25, -0.2) is 8.42 Å². The van der Waals surface area contributed by atoms with Crippen molar-refractivity contribution in [2.75, 3.05) is 24.5 Å². The number of nitrogens with one attached hydrogen (secondary N) is 1. The highest BCUT2D eigenvalue weighted by molar-refractivity contribution is 7.92. The van der Waals surface area contributed by atoms with Gasteiger partial charge in [0, 0.05) is 26.1 Å². The second-order valence-electron chi connectivity index (χ2n) is 9.11. The number of hydrogen-bond acceptors (Lipinski definition) is 5. The molecule has 0 bridgehead atoms. The van der Waals surface area contributed by atoms with Crippen molar-refractivity contribution in [2.45, 2.75) is 37.8 Å². The number of hydrogen-bond donors (Lipinski definition) is 1. The topological polar surface area (TPSA) is 96.0 Å². The van der Waals surface area contributed by atoms with Gasteiger partial charge < -0.3 is 15.0 Å². The van der Waals surface area contributed by atoms with Crippen LogP contribution < -0.4 is 14.4 Å². The first kappa shape index (κ1) is 27.5. The molecule has 0 unspecified atom stereocenters. The van der Waals surface area contributed by atoms with Crippen molar-refractivity contribution in [3.8, 4) is 5.75 Å². The monoisotopic (exact) mass is 555 g/mol. The molecule has 0 aliphatic carbocycles. The molecule has 1 heterocycles. The minimum absolute atomic E-state index is 0.0588. The lowest BCUT2D eigenvalue weighted by molar-refractivity contribution is -0.128. The summed E-state index contributed by atoms with van der Waals surface area (Å²) >= 11 is 6.29. The minimum Gasteiger partial charge on any atom is -0.495 e. The van der Waals surface area contributed by atoms with E-state index < -0.39 is 22.5 Å². The molecule has 0 saturated carbocycles. The number of carbonyl (C=O) groups excluding carboxylic acids is 2. The highest BCUT2D eigenvalue weighted by atomic mass is 35.5. The van der Waals surface area contributed by atoms with E-state index in [-0.39, 0.29) is 28.1 Å². The zero-order valence-corrected chi connectivity index (χ0v) is 22.9. The van der Waals surface area contributed by atoms with Gasteiger partial charge >= 0.3 is 0 Å². The summed E-state index contributed by atoms with van der Waals surface area (Å²) in [4.78, 5) is 27.1. The standard InChI is InChI=1S/C28H30ClN3O5S/c1-20-9-12-24(13-10-20)38(35,36)32(23-11-14-26(37-2)25(29)16-23)19-27(33)30-17-21-6-3-4-7-22(21)18-31-15-5-8-28(31)34/h3-4,6-7,9-14,16H,5,8,15,17-19H2,1-2H3,(H,30,33). The number of methoxy groups -OCH3 is 1. The number of anilines is 1. The second kappa shape index (κ2) is 11.9. The molecule has 200 valence electrons. The zero-order chi connectivity index (χ0) is 27.3. The molecule has 3 aromatic rings.